The van der Waals surface area contributed by atoms with Crippen LogP contribution in [-0.2, 0) is 29.4 Å². The van der Waals surface area contributed by atoms with E-state index in [0.29, 0.717) is 13.0 Å². The second-order valence-electron chi connectivity index (χ2n) is 7.46. The van der Waals surface area contributed by atoms with Crippen LogP contribution in [0.5, 0.6) is 0 Å². The Bertz CT molecular complexity index is 1120. The van der Waals surface area contributed by atoms with Gasteiger partial charge in [-0.25, -0.2) is 13.1 Å². The Balaban J connectivity index is 1.54. The Kier molecular flexibility index (Phi) is 5.85. The summed E-state index contributed by atoms with van der Waals surface area (Å²) < 4.78 is 28.5. The second kappa shape index (κ2) is 8.55. The third-order valence-electron chi connectivity index (χ3n) is 5.42. The van der Waals surface area contributed by atoms with Crippen molar-refractivity contribution in [1.29, 1.82) is 0 Å². The molecule has 0 amide bonds. The first-order valence-electron chi connectivity index (χ1n) is 10.0. The monoisotopic (exact) mass is 423 g/mol. The normalized spacial score (nSPS) is 18.2. The molecule has 2 atom stereocenters. The summed E-state index contributed by atoms with van der Waals surface area (Å²) in [6.07, 6.45) is 2.19. The van der Waals surface area contributed by atoms with E-state index < -0.39 is 22.2 Å². The van der Waals surface area contributed by atoms with Crippen molar-refractivity contribution < 1.29 is 13.5 Å². The Morgan fingerprint density at radius 3 is 2.60 bits per heavy atom. The predicted molar refractivity (Wildman–Crippen MR) is 117 cm³/mol. The van der Waals surface area contributed by atoms with Crippen LogP contribution in [-0.4, -0.2) is 24.6 Å². The first kappa shape index (κ1) is 20.5. The number of benzene rings is 2. The highest BCUT2D eigenvalue weighted by molar-refractivity contribution is 7.89. The molecule has 0 bridgehead atoms. The zero-order chi connectivity index (χ0) is 21.1. The molecule has 3 N–H and O–H groups in total. The zero-order valence-electron chi connectivity index (χ0n) is 16.7. The van der Waals surface area contributed by atoms with Crippen molar-refractivity contribution in [2.75, 3.05) is 5.32 Å². The van der Waals surface area contributed by atoms with E-state index in [9.17, 15) is 13.5 Å². The summed E-state index contributed by atoms with van der Waals surface area (Å²) in [4.78, 5) is 4.49. The fraction of sp³-hybridized carbons (Fsp3) is 0.261. The van der Waals surface area contributed by atoms with Gasteiger partial charge >= 0.3 is 0 Å². The van der Waals surface area contributed by atoms with E-state index in [2.05, 4.69) is 15.0 Å². The number of sulfonamides is 1. The van der Waals surface area contributed by atoms with Crippen LogP contribution in [0.3, 0.4) is 0 Å². The van der Waals surface area contributed by atoms with Crippen molar-refractivity contribution in [3.63, 3.8) is 0 Å². The summed E-state index contributed by atoms with van der Waals surface area (Å²) >= 11 is 0. The number of hydrogen-bond donors (Lipinski definition) is 3. The second-order valence-corrected chi connectivity index (χ2v) is 9.17. The van der Waals surface area contributed by atoms with Gasteiger partial charge in [-0.15, -0.1) is 0 Å². The number of rotatable bonds is 7. The molecule has 3 aromatic rings. The Morgan fingerprint density at radius 1 is 1.10 bits per heavy atom. The minimum absolute atomic E-state index is 0.199. The molecule has 1 heterocycles. The molecule has 2 aromatic carbocycles. The number of nitrogens with one attached hydrogen (secondary N) is 2. The maximum absolute atomic E-state index is 12.9. The highest BCUT2D eigenvalue weighted by Gasteiger charge is 2.34. The summed E-state index contributed by atoms with van der Waals surface area (Å²) in [7, 11) is -3.75. The van der Waals surface area contributed by atoms with Crippen molar-refractivity contribution in [2.24, 2.45) is 0 Å². The highest BCUT2D eigenvalue weighted by atomic mass is 32.2. The fourth-order valence-electron chi connectivity index (χ4n) is 3.71. The number of anilines is 1. The van der Waals surface area contributed by atoms with Gasteiger partial charge in [-0.3, -0.25) is 4.98 Å². The summed E-state index contributed by atoms with van der Waals surface area (Å²) in [5, 5.41) is 13.9. The van der Waals surface area contributed by atoms with Crippen molar-refractivity contribution in [3.8, 4) is 0 Å². The summed E-state index contributed by atoms with van der Waals surface area (Å²) in [5.41, 5.74) is 4.57. The summed E-state index contributed by atoms with van der Waals surface area (Å²) in [5.74, 6) is 0. The van der Waals surface area contributed by atoms with Gasteiger partial charge in [0, 0.05) is 18.3 Å². The lowest BCUT2D eigenvalue weighted by molar-refractivity contribution is 0.151. The van der Waals surface area contributed by atoms with Gasteiger partial charge in [0.05, 0.1) is 29.3 Å². The average Bonchev–Trinajstić information content (AvgIpc) is 3.07. The molecule has 156 valence electrons. The molecule has 30 heavy (non-hydrogen) atoms. The molecular weight excluding hydrogens is 398 g/mol. The number of aliphatic hydroxyl groups is 1. The zero-order valence-corrected chi connectivity index (χ0v) is 17.6. The van der Waals surface area contributed by atoms with Crippen molar-refractivity contribution >= 4 is 15.7 Å². The van der Waals surface area contributed by atoms with E-state index in [1.165, 1.54) is 0 Å². The summed E-state index contributed by atoms with van der Waals surface area (Å²) in [6.45, 7) is 2.58. The molecular formula is C23H25N3O3S. The molecule has 7 heteroatoms. The Labute approximate surface area is 177 Å². The molecule has 1 aliphatic carbocycles. The quantitative estimate of drug-likeness (QED) is 0.543. The molecule has 0 saturated carbocycles. The van der Waals surface area contributed by atoms with E-state index in [0.717, 1.165) is 34.5 Å². The van der Waals surface area contributed by atoms with Crippen LogP contribution in [0.25, 0.3) is 0 Å². The summed E-state index contributed by atoms with van der Waals surface area (Å²) in [6, 6.07) is 17.7. The molecule has 0 radical (unpaired) electrons. The van der Waals surface area contributed by atoms with Crippen molar-refractivity contribution in [1.82, 2.24) is 9.71 Å². The third kappa shape index (κ3) is 4.38. The van der Waals surface area contributed by atoms with E-state index >= 15 is 0 Å². The van der Waals surface area contributed by atoms with Gasteiger partial charge < -0.3 is 10.4 Å². The first-order valence-corrected chi connectivity index (χ1v) is 11.5. The predicted octanol–water partition coefficient (Wildman–Crippen LogP) is 3.19. The van der Waals surface area contributed by atoms with Crippen LogP contribution in [0.4, 0.5) is 5.69 Å². The number of aryl methyl sites for hydroxylation is 1. The third-order valence-corrected chi connectivity index (χ3v) is 6.88. The van der Waals surface area contributed by atoms with E-state index in [1.807, 2.05) is 55.5 Å². The number of aliphatic hydroxyl groups excluding tert-OH is 1. The molecule has 4 rings (SSSR count). The number of aromatic nitrogens is 1. The highest BCUT2D eigenvalue weighted by Crippen LogP contribution is 2.34. The molecule has 0 saturated heterocycles. The first-order chi connectivity index (χ1) is 14.5. The number of fused-ring (bicyclic) bond motifs is 1. The lowest BCUT2D eigenvalue weighted by Gasteiger charge is -2.19. The molecule has 0 unspecified atom stereocenters. The van der Waals surface area contributed by atoms with Crippen LogP contribution in [0, 0.1) is 0 Å². The van der Waals surface area contributed by atoms with Crippen LogP contribution in [0.15, 0.2) is 71.8 Å². The fourth-order valence-corrected chi connectivity index (χ4v) is 4.96. The van der Waals surface area contributed by atoms with Crippen LogP contribution >= 0.6 is 0 Å². The Morgan fingerprint density at radius 2 is 1.90 bits per heavy atom. The van der Waals surface area contributed by atoms with Crippen LogP contribution in [0.1, 0.15) is 35.3 Å². The number of pyridine rings is 1. The van der Waals surface area contributed by atoms with Gasteiger partial charge in [0.15, 0.2) is 0 Å². The lowest BCUT2D eigenvalue weighted by Crippen LogP contribution is -2.33. The Hall–Kier alpha value is -2.74. The van der Waals surface area contributed by atoms with E-state index in [1.54, 1.807) is 18.3 Å². The van der Waals surface area contributed by atoms with Gasteiger partial charge in [0.1, 0.15) is 0 Å². The van der Waals surface area contributed by atoms with Crippen LogP contribution < -0.4 is 10.0 Å². The molecule has 0 spiro atoms. The van der Waals surface area contributed by atoms with E-state index in [-0.39, 0.29) is 4.90 Å². The standard InChI is InChI=1S/C23H25N3O3S/c1-2-16-6-10-20(11-7-16)30(28,29)26-23-21-14-18(9-8-17(21)13-22(23)27)25-15-19-5-3-4-12-24-19/h3-12,14,22-23,25-27H,2,13,15H2,1H3/t22-,23-/m1/s1. The van der Waals surface area contributed by atoms with Crippen molar-refractivity contribution in [2.45, 2.75) is 43.4 Å². The molecule has 0 aliphatic heterocycles. The minimum Gasteiger partial charge on any atom is -0.391 e. The number of nitrogens with zero attached hydrogens (tertiary/aromatic N) is 1. The van der Waals surface area contributed by atoms with E-state index in [4.69, 9.17) is 0 Å². The van der Waals surface area contributed by atoms with Gasteiger partial charge in [-0.2, -0.15) is 0 Å². The topological polar surface area (TPSA) is 91.3 Å². The number of hydrogen-bond acceptors (Lipinski definition) is 5. The molecule has 0 fully saturated rings. The SMILES string of the molecule is CCc1ccc(S(=O)(=O)N[C@@H]2c3cc(NCc4ccccn4)ccc3C[C@H]2O)cc1. The largest absolute Gasteiger partial charge is 0.391 e. The van der Waals surface area contributed by atoms with Crippen LogP contribution in [0.2, 0.25) is 0 Å². The minimum atomic E-state index is -3.75. The molecule has 1 aromatic heterocycles. The lowest BCUT2D eigenvalue weighted by atomic mass is 10.1. The maximum atomic E-state index is 12.9. The maximum Gasteiger partial charge on any atom is 0.241 e. The van der Waals surface area contributed by atoms with Gasteiger partial charge in [-0.1, -0.05) is 31.2 Å². The molecule has 6 nitrogen and oxygen atoms in total. The van der Waals surface area contributed by atoms with Crippen molar-refractivity contribution in [3.05, 3.63) is 89.2 Å². The average molecular weight is 424 g/mol. The van der Waals surface area contributed by atoms with Gasteiger partial charge in [-0.05, 0) is 59.5 Å². The molecule has 1 aliphatic rings. The smallest absolute Gasteiger partial charge is 0.241 e. The van der Waals surface area contributed by atoms with Gasteiger partial charge in [0.2, 0.25) is 10.0 Å². The van der Waals surface area contributed by atoms with Gasteiger partial charge in [0.25, 0.3) is 0 Å².